The molecule has 21 heavy (non-hydrogen) atoms. The van der Waals surface area contributed by atoms with Crippen LogP contribution in [0.5, 0.6) is 5.75 Å². The van der Waals surface area contributed by atoms with Crippen LogP contribution in [0, 0.1) is 11.6 Å². The van der Waals surface area contributed by atoms with Gasteiger partial charge in [0, 0.05) is 18.7 Å². The molecule has 0 fully saturated rings. The Kier molecular flexibility index (Phi) is 6.32. The number of nitrogens with one attached hydrogen (secondary N) is 1. The second kappa shape index (κ2) is 7.98. The summed E-state index contributed by atoms with van der Waals surface area (Å²) in [6.07, 6.45) is 1.58. The van der Waals surface area contributed by atoms with E-state index in [1.807, 2.05) is 0 Å². The first-order valence-corrected chi connectivity index (χ1v) is 6.08. The summed E-state index contributed by atoms with van der Waals surface area (Å²) < 4.78 is 35.5. The van der Waals surface area contributed by atoms with Gasteiger partial charge in [0.05, 0.1) is 7.11 Å². The minimum atomic E-state index is -0.975. The summed E-state index contributed by atoms with van der Waals surface area (Å²) in [4.78, 5) is 22.4. The second-order valence-electron chi connectivity index (χ2n) is 4.01. The number of hydrogen-bond acceptors (Lipinski definition) is 4. The van der Waals surface area contributed by atoms with Crippen LogP contribution in [0.3, 0.4) is 0 Å². The number of carbonyl (C=O) groups is 2. The van der Waals surface area contributed by atoms with Crippen LogP contribution < -0.4 is 10.1 Å². The Morgan fingerprint density at radius 2 is 2.10 bits per heavy atom. The molecule has 0 saturated heterocycles. The van der Waals surface area contributed by atoms with E-state index in [1.165, 1.54) is 20.1 Å². The van der Waals surface area contributed by atoms with Gasteiger partial charge in [-0.2, -0.15) is 0 Å². The van der Waals surface area contributed by atoms with E-state index in [4.69, 9.17) is 4.74 Å². The Hall–Kier alpha value is -2.44. The molecule has 7 heteroatoms. The lowest BCUT2D eigenvalue weighted by Crippen LogP contribution is -2.36. The van der Waals surface area contributed by atoms with Gasteiger partial charge in [-0.05, 0) is 19.1 Å². The van der Waals surface area contributed by atoms with Gasteiger partial charge >= 0.3 is 5.97 Å². The predicted molar refractivity (Wildman–Crippen MR) is 70.6 cm³/mol. The fraction of sp³-hybridized carbons (Fsp3) is 0.286. The lowest BCUT2D eigenvalue weighted by molar-refractivity contribution is -0.135. The lowest BCUT2D eigenvalue weighted by atomic mass is 10.3. The van der Waals surface area contributed by atoms with E-state index in [0.29, 0.717) is 6.07 Å². The van der Waals surface area contributed by atoms with Crippen LogP contribution in [0.2, 0.25) is 0 Å². The van der Waals surface area contributed by atoms with E-state index in [-0.39, 0.29) is 12.3 Å². The summed E-state index contributed by atoms with van der Waals surface area (Å²) in [6.45, 7) is 1.51. The Bertz CT molecular complexity index is 546. The highest BCUT2D eigenvalue weighted by atomic mass is 19.1. The van der Waals surface area contributed by atoms with Gasteiger partial charge in [0.2, 0.25) is 0 Å². The molecule has 0 spiro atoms. The van der Waals surface area contributed by atoms with Crippen LogP contribution in [0.4, 0.5) is 8.78 Å². The van der Waals surface area contributed by atoms with Gasteiger partial charge in [0.1, 0.15) is 5.82 Å². The number of esters is 1. The predicted octanol–water partition coefficient (Wildman–Crippen LogP) is 1.58. The maximum atomic E-state index is 13.3. The molecule has 0 aliphatic rings. The van der Waals surface area contributed by atoms with E-state index in [0.717, 1.165) is 18.2 Å². The summed E-state index contributed by atoms with van der Waals surface area (Å²) in [6, 6.07) is 2.80. The molecule has 0 aromatic heterocycles. The van der Waals surface area contributed by atoms with E-state index in [1.54, 1.807) is 0 Å². The highest BCUT2D eigenvalue weighted by Crippen LogP contribution is 2.18. The second-order valence-corrected chi connectivity index (χ2v) is 4.01. The third-order valence-corrected chi connectivity index (χ3v) is 2.42. The van der Waals surface area contributed by atoms with Gasteiger partial charge in [-0.3, -0.25) is 4.79 Å². The normalized spacial score (nSPS) is 12.0. The topological polar surface area (TPSA) is 64.6 Å². The zero-order valence-corrected chi connectivity index (χ0v) is 11.6. The van der Waals surface area contributed by atoms with Gasteiger partial charge in [-0.25, -0.2) is 13.6 Å². The largest absolute Gasteiger partial charge is 0.478 e. The van der Waals surface area contributed by atoms with Gasteiger partial charge in [0.15, 0.2) is 17.7 Å². The number of benzene rings is 1. The zero-order chi connectivity index (χ0) is 15.8. The maximum Gasteiger partial charge on any atom is 0.330 e. The van der Waals surface area contributed by atoms with Crippen molar-refractivity contribution in [1.82, 2.24) is 5.32 Å². The number of halogens is 2. The average Bonchev–Trinajstić information content (AvgIpc) is 2.45. The fourth-order valence-electron chi connectivity index (χ4n) is 1.34. The van der Waals surface area contributed by atoms with Gasteiger partial charge < -0.3 is 14.8 Å². The summed E-state index contributed by atoms with van der Waals surface area (Å²) in [5.74, 6) is -2.88. The van der Waals surface area contributed by atoms with Crippen molar-refractivity contribution in [2.75, 3.05) is 13.7 Å². The highest BCUT2D eigenvalue weighted by Gasteiger charge is 2.16. The molecule has 1 rings (SSSR count). The standard InChI is InChI=1S/C14H15F2NO4/c1-9(14(19)17-7-3-4-13(18)20-2)21-12-6-5-10(15)8-11(12)16/h3-6,8-9H,7H2,1-2H3,(H,17,19)/b4-3+. The molecule has 114 valence electrons. The first kappa shape index (κ1) is 16.6. The Morgan fingerprint density at radius 1 is 1.38 bits per heavy atom. The molecule has 0 heterocycles. The Morgan fingerprint density at radius 3 is 2.71 bits per heavy atom. The summed E-state index contributed by atoms with van der Waals surface area (Å²) in [5.41, 5.74) is 0. The smallest absolute Gasteiger partial charge is 0.330 e. The molecule has 1 unspecified atom stereocenters. The molecule has 5 nitrogen and oxygen atoms in total. The van der Waals surface area contributed by atoms with Gasteiger partial charge in [0.25, 0.3) is 5.91 Å². The van der Waals surface area contributed by atoms with Crippen LogP contribution in [-0.4, -0.2) is 31.6 Å². The summed E-state index contributed by atoms with van der Waals surface area (Å²) in [7, 11) is 1.23. The highest BCUT2D eigenvalue weighted by molar-refractivity contribution is 5.82. The molecular formula is C14H15F2NO4. The van der Waals surface area contributed by atoms with Crippen LogP contribution >= 0.6 is 0 Å². The van der Waals surface area contributed by atoms with Crippen molar-refractivity contribution in [2.45, 2.75) is 13.0 Å². The molecular weight excluding hydrogens is 284 g/mol. The number of carbonyl (C=O) groups excluding carboxylic acids is 2. The van der Waals surface area contributed by atoms with Crippen molar-refractivity contribution >= 4 is 11.9 Å². The third kappa shape index (κ3) is 5.60. The monoisotopic (exact) mass is 299 g/mol. The number of ether oxygens (including phenoxy) is 2. The first-order chi connectivity index (χ1) is 9.93. The fourth-order valence-corrected chi connectivity index (χ4v) is 1.34. The quantitative estimate of drug-likeness (QED) is 0.640. The minimum absolute atomic E-state index is 0.0908. The van der Waals surface area contributed by atoms with Crippen LogP contribution in [0.1, 0.15) is 6.92 Å². The molecule has 1 aromatic rings. The lowest BCUT2D eigenvalue weighted by Gasteiger charge is -2.14. The molecule has 1 aromatic carbocycles. The average molecular weight is 299 g/mol. The molecule has 1 amide bonds. The molecule has 1 atom stereocenters. The van der Waals surface area contributed by atoms with Crippen molar-refractivity contribution < 1.29 is 27.8 Å². The number of methoxy groups -OCH3 is 1. The van der Waals surface area contributed by atoms with Gasteiger partial charge in [-0.1, -0.05) is 6.08 Å². The maximum absolute atomic E-state index is 13.3. The molecule has 0 saturated carbocycles. The van der Waals surface area contributed by atoms with Crippen LogP contribution in [0.25, 0.3) is 0 Å². The molecule has 0 radical (unpaired) electrons. The van der Waals surface area contributed by atoms with Gasteiger partial charge in [-0.15, -0.1) is 0 Å². The zero-order valence-electron chi connectivity index (χ0n) is 11.6. The summed E-state index contributed by atoms with van der Waals surface area (Å²) >= 11 is 0. The first-order valence-electron chi connectivity index (χ1n) is 6.08. The summed E-state index contributed by atoms with van der Waals surface area (Å²) in [5, 5.41) is 2.46. The third-order valence-electron chi connectivity index (χ3n) is 2.42. The van der Waals surface area contributed by atoms with Crippen molar-refractivity contribution in [3.05, 3.63) is 42.0 Å². The number of hydrogen-bond donors (Lipinski definition) is 1. The minimum Gasteiger partial charge on any atom is -0.478 e. The molecule has 0 aliphatic carbocycles. The molecule has 1 N–H and O–H groups in total. The van der Waals surface area contributed by atoms with Crippen LogP contribution in [-0.2, 0) is 14.3 Å². The van der Waals surface area contributed by atoms with Crippen molar-refractivity contribution in [3.8, 4) is 5.75 Å². The van der Waals surface area contributed by atoms with Crippen molar-refractivity contribution in [1.29, 1.82) is 0 Å². The Labute approximate surface area is 120 Å². The van der Waals surface area contributed by atoms with Crippen molar-refractivity contribution in [3.63, 3.8) is 0 Å². The van der Waals surface area contributed by atoms with E-state index in [2.05, 4.69) is 10.1 Å². The SMILES string of the molecule is COC(=O)/C=C/CNC(=O)C(C)Oc1ccc(F)cc1F. The number of rotatable bonds is 6. The van der Waals surface area contributed by atoms with E-state index in [9.17, 15) is 18.4 Å². The van der Waals surface area contributed by atoms with Crippen molar-refractivity contribution in [2.24, 2.45) is 0 Å². The van der Waals surface area contributed by atoms with E-state index < -0.39 is 29.6 Å². The van der Waals surface area contributed by atoms with E-state index >= 15 is 0 Å². The Balaban J connectivity index is 2.47. The number of amides is 1. The van der Waals surface area contributed by atoms with Crippen LogP contribution in [0.15, 0.2) is 30.4 Å². The molecule has 0 aliphatic heterocycles. The molecule has 0 bridgehead atoms.